The summed E-state index contributed by atoms with van der Waals surface area (Å²) < 4.78 is -0.479. The Morgan fingerprint density at radius 3 is 2.18 bits per heavy atom. The van der Waals surface area contributed by atoms with Crippen LogP contribution < -0.4 is 10.4 Å². The standard InChI is InChI=1S/C8H12N2O/c1-10(2,11)8-6-4-3-5-7(8)9/h3-6H,9H2,1-2H3. The molecule has 11 heavy (non-hydrogen) atoms. The van der Waals surface area contributed by atoms with Gasteiger partial charge in [-0.05, 0) is 6.07 Å². The number of quaternary nitrogens is 1. The third-order valence-electron chi connectivity index (χ3n) is 1.52. The molecule has 0 aliphatic rings. The minimum absolute atomic E-state index is 0.479. The maximum absolute atomic E-state index is 11.4. The highest BCUT2D eigenvalue weighted by atomic mass is 16.5. The number of nitrogens with two attached hydrogens (primary N) is 1. The second kappa shape index (κ2) is 2.53. The van der Waals surface area contributed by atoms with Crippen molar-refractivity contribution in [3.8, 4) is 0 Å². The molecule has 0 fully saturated rings. The molecule has 0 spiro atoms. The fourth-order valence-corrected chi connectivity index (χ4v) is 0.978. The van der Waals surface area contributed by atoms with Crippen molar-refractivity contribution in [1.82, 2.24) is 4.65 Å². The van der Waals surface area contributed by atoms with Gasteiger partial charge in [0.15, 0.2) is 5.69 Å². The van der Waals surface area contributed by atoms with Crippen LogP contribution in [-0.4, -0.2) is 14.1 Å². The van der Waals surface area contributed by atoms with Crippen molar-refractivity contribution in [1.29, 1.82) is 0 Å². The Labute approximate surface area is 66.2 Å². The molecule has 0 aliphatic heterocycles. The fourth-order valence-electron chi connectivity index (χ4n) is 0.978. The van der Waals surface area contributed by atoms with E-state index in [0.29, 0.717) is 11.4 Å². The third kappa shape index (κ3) is 1.69. The summed E-state index contributed by atoms with van der Waals surface area (Å²) in [5.74, 6) is 0. The zero-order valence-corrected chi connectivity index (χ0v) is 6.74. The second-order valence-corrected chi connectivity index (χ2v) is 2.91. The van der Waals surface area contributed by atoms with Crippen LogP contribution in [-0.2, 0) is 0 Å². The zero-order chi connectivity index (χ0) is 8.48. The quantitative estimate of drug-likeness (QED) is 0.375. The number of benzene rings is 1. The van der Waals surface area contributed by atoms with Crippen LogP contribution in [0, 0.1) is 5.21 Å². The summed E-state index contributed by atoms with van der Waals surface area (Å²) in [6.07, 6.45) is 0. The Morgan fingerprint density at radius 1 is 1.27 bits per heavy atom. The van der Waals surface area contributed by atoms with Crippen molar-refractivity contribution in [3.05, 3.63) is 29.5 Å². The molecule has 3 nitrogen and oxygen atoms in total. The van der Waals surface area contributed by atoms with Crippen molar-refractivity contribution in [2.24, 2.45) is 0 Å². The van der Waals surface area contributed by atoms with E-state index in [1.807, 2.05) is 12.1 Å². The van der Waals surface area contributed by atoms with E-state index in [1.54, 1.807) is 26.2 Å². The first-order chi connectivity index (χ1) is 5.02. The number of rotatable bonds is 1. The highest BCUT2D eigenvalue weighted by Gasteiger charge is 2.09. The summed E-state index contributed by atoms with van der Waals surface area (Å²) in [5.41, 5.74) is 6.74. The van der Waals surface area contributed by atoms with E-state index in [0.717, 1.165) is 0 Å². The number of hydrogen-bond acceptors (Lipinski definition) is 2. The summed E-state index contributed by atoms with van der Waals surface area (Å²) in [7, 11) is 3.09. The van der Waals surface area contributed by atoms with Crippen molar-refractivity contribution in [3.63, 3.8) is 0 Å². The Balaban J connectivity index is 3.14. The lowest BCUT2D eigenvalue weighted by Crippen LogP contribution is -2.33. The monoisotopic (exact) mass is 152 g/mol. The van der Waals surface area contributed by atoms with Gasteiger partial charge in [-0.15, -0.1) is 0 Å². The number of hydrogen-bond donors (Lipinski definition) is 1. The van der Waals surface area contributed by atoms with E-state index in [4.69, 9.17) is 5.73 Å². The van der Waals surface area contributed by atoms with Crippen LogP contribution in [0.4, 0.5) is 11.4 Å². The largest absolute Gasteiger partial charge is 0.628 e. The average Bonchev–Trinajstić information content (AvgIpc) is 1.86. The van der Waals surface area contributed by atoms with E-state index >= 15 is 0 Å². The van der Waals surface area contributed by atoms with Crippen LogP contribution in [0.5, 0.6) is 0 Å². The van der Waals surface area contributed by atoms with Gasteiger partial charge in [-0.25, -0.2) is 0 Å². The number of para-hydroxylation sites is 2. The molecule has 0 atom stereocenters. The molecule has 1 aromatic rings. The first-order valence-electron chi connectivity index (χ1n) is 3.42. The van der Waals surface area contributed by atoms with Crippen LogP contribution in [0.25, 0.3) is 0 Å². The Bertz CT molecular complexity index is 253. The molecule has 0 aromatic heterocycles. The molecule has 0 heterocycles. The van der Waals surface area contributed by atoms with E-state index in [2.05, 4.69) is 0 Å². The van der Waals surface area contributed by atoms with E-state index in [-0.39, 0.29) is 0 Å². The zero-order valence-electron chi connectivity index (χ0n) is 6.74. The average molecular weight is 152 g/mol. The number of nitrogen functional groups attached to an aromatic ring is 1. The summed E-state index contributed by atoms with van der Waals surface area (Å²) >= 11 is 0. The normalized spacial score (nSPS) is 11.5. The summed E-state index contributed by atoms with van der Waals surface area (Å²) in [5, 5.41) is 11.4. The minimum Gasteiger partial charge on any atom is -0.628 e. The fraction of sp³-hybridized carbons (Fsp3) is 0.250. The van der Waals surface area contributed by atoms with Crippen LogP contribution in [0.2, 0.25) is 0 Å². The molecule has 0 radical (unpaired) electrons. The number of nitrogens with zero attached hydrogens (tertiary/aromatic N) is 1. The SMILES string of the molecule is C[N+](C)([O-])c1ccccc1N. The molecule has 0 amide bonds. The van der Waals surface area contributed by atoms with Crippen LogP contribution in [0.3, 0.4) is 0 Å². The van der Waals surface area contributed by atoms with Gasteiger partial charge in [-0.1, -0.05) is 12.1 Å². The first-order valence-corrected chi connectivity index (χ1v) is 3.42. The van der Waals surface area contributed by atoms with Gasteiger partial charge in [0.05, 0.1) is 19.8 Å². The lowest BCUT2D eigenvalue weighted by atomic mass is 10.2. The van der Waals surface area contributed by atoms with Crippen molar-refractivity contribution in [2.45, 2.75) is 0 Å². The smallest absolute Gasteiger partial charge is 0.155 e. The summed E-state index contributed by atoms with van der Waals surface area (Å²) in [6.45, 7) is 0. The summed E-state index contributed by atoms with van der Waals surface area (Å²) in [6, 6.07) is 7.09. The first kappa shape index (κ1) is 8.04. The third-order valence-corrected chi connectivity index (χ3v) is 1.52. The lowest BCUT2D eigenvalue weighted by Gasteiger charge is -2.33. The van der Waals surface area contributed by atoms with Gasteiger partial charge in [0.1, 0.15) is 0 Å². The predicted molar refractivity (Wildman–Crippen MR) is 47.9 cm³/mol. The Morgan fingerprint density at radius 2 is 1.82 bits per heavy atom. The van der Waals surface area contributed by atoms with Crippen molar-refractivity contribution < 1.29 is 0 Å². The Kier molecular flexibility index (Phi) is 1.85. The van der Waals surface area contributed by atoms with Crippen LogP contribution >= 0.6 is 0 Å². The van der Waals surface area contributed by atoms with E-state index < -0.39 is 4.65 Å². The van der Waals surface area contributed by atoms with Gasteiger partial charge in [-0.2, -0.15) is 0 Å². The molecule has 60 valence electrons. The molecule has 3 heteroatoms. The molecule has 0 saturated carbocycles. The molecule has 0 unspecified atom stereocenters. The van der Waals surface area contributed by atoms with Gasteiger partial charge in [0.2, 0.25) is 0 Å². The summed E-state index contributed by atoms with van der Waals surface area (Å²) in [4.78, 5) is 0. The number of hydroxylamine groups is 2. The van der Waals surface area contributed by atoms with Crippen LogP contribution in [0.1, 0.15) is 0 Å². The van der Waals surface area contributed by atoms with Gasteiger partial charge < -0.3 is 15.6 Å². The molecule has 2 N–H and O–H groups in total. The van der Waals surface area contributed by atoms with Gasteiger partial charge >= 0.3 is 0 Å². The molecular weight excluding hydrogens is 140 g/mol. The van der Waals surface area contributed by atoms with Gasteiger partial charge in [0, 0.05) is 6.07 Å². The Hall–Kier alpha value is -1.06. The second-order valence-electron chi connectivity index (χ2n) is 2.91. The van der Waals surface area contributed by atoms with E-state index in [9.17, 15) is 5.21 Å². The highest BCUT2D eigenvalue weighted by molar-refractivity contribution is 5.64. The van der Waals surface area contributed by atoms with E-state index in [1.165, 1.54) is 0 Å². The van der Waals surface area contributed by atoms with Crippen LogP contribution in [0.15, 0.2) is 24.3 Å². The molecule has 0 bridgehead atoms. The molecule has 1 rings (SSSR count). The number of anilines is 1. The molecule has 1 aromatic carbocycles. The van der Waals surface area contributed by atoms with Crippen molar-refractivity contribution in [2.75, 3.05) is 19.8 Å². The van der Waals surface area contributed by atoms with Gasteiger partial charge in [-0.3, -0.25) is 0 Å². The molecule has 0 aliphatic carbocycles. The van der Waals surface area contributed by atoms with Gasteiger partial charge in [0.25, 0.3) is 0 Å². The molecule has 0 saturated heterocycles. The lowest BCUT2D eigenvalue weighted by molar-refractivity contribution is 0.545. The maximum atomic E-state index is 11.4. The molecular formula is C8H12N2O. The topological polar surface area (TPSA) is 49.1 Å². The minimum atomic E-state index is -0.479. The van der Waals surface area contributed by atoms with Crippen molar-refractivity contribution >= 4 is 11.4 Å². The highest BCUT2D eigenvalue weighted by Crippen LogP contribution is 2.24. The maximum Gasteiger partial charge on any atom is 0.155 e. The predicted octanol–water partition coefficient (Wildman–Crippen LogP) is 1.33.